The molecule has 0 saturated carbocycles. The molecule has 0 aliphatic carbocycles. The minimum atomic E-state index is 0.698. The monoisotopic (exact) mass is 209 g/mol. The normalized spacial score (nSPS) is 13.8. The molecule has 1 aliphatic rings. The van der Waals surface area contributed by atoms with Crippen LogP contribution in [0, 0.1) is 12.3 Å². The summed E-state index contributed by atoms with van der Waals surface area (Å²) in [5.74, 6) is 4.22. The zero-order valence-electron chi connectivity index (χ0n) is 8.76. The lowest BCUT2D eigenvalue weighted by Crippen LogP contribution is -1.95. The molecule has 0 amide bonds. The van der Waals surface area contributed by atoms with Crippen molar-refractivity contribution >= 4 is 6.21 Å². The average molecular weight is 209 g/mol. The molecular weight excluding hydrogens is 198 g/mol. The lowest BCUT2D eigenvalue weighted by Gasteiger charge is -2.06. The predicted octanol–water partition coefficient (Wildman–Crippen LogP) is 2.92. The van der Waals surface area contributed by atoms with Gasteiger partial charge >= 0.3 is 0 Å². The van der Waals surface area contributed by atoms with Gasteiger partial charge in [0.25, 0.3) is 0 Å². The summed E-state index contributed by atoms with van der Waals surface area (Å²) in [7, 11) is 0. The number of aliphatic imine (C=N–C) groups is 1. The maximum absolute atomic E-state index is 5.68. The first-order chi connectivity index (χ1) is 7.88. The summed E-state index contributed by atoms with van der Waals surface area (Å²) in [5.41, 5.74) is 0.851. The number of hydrogen-bond acceptors (Lipinski definition) is 2. The number of nitrogens with zero attached hydrogens (tertiary/aromatic N) is 1. The molecule has 0 spiro atoms. The van der Waals surface area contributed by atoms with Crippen LogP contribution in [0.4, 0.5) is 0 Å². The van der Waals surface area contributed by atoms with E-state index in [0.717, 1.165) is 17.1 Å². The molecule has 0 radical (unpaired) electrons. The Morgan fingerprint density at radius 2 is 2.06 bits per heavy atom. The van der Waals surface area contributed by atoms with Crippen LogP contribution in [-0.4, -0.2) is 6.21 Å². The minimum absolute atomic E-state index is 0.698. The highest BCUT2D eigenvalue weighted by molar-refractivity contribution is 5.62. The van der Waals surface area contributed by atoms with Crippen molar-refractivity contribution in [2.45, 2.75) is 6.42 Å². The molecule has 2 heteroatoms. The van der Waals surface area contributed by atoms with Gasteiger partial charge in [-0.15, -0.1) is 6.42 Å². The van der Waals surface area contributed by atoms with Crippen LogP contribution in [0.3, 0.4) is 0 Å². The van der Waals surface area contributed by atoms with E-state index in [2.05, 4.69) is 10.9 Å². The Morgan fingerprint density at radius 1 is 1.25 bits per heavy atom. The Labute approximate surface area is 95.0 Å². The van der Waals surface area contributed by atoms with E-state index in [1.165, 1.54) is 0 Å². The first kappa shape index (κ1) is 10.3. The summed E-state index contributed by atoms with van der Waals surface area (Å²) in [6.45, 7) is 0. The fourth-order valence-corrected chi connectivity index (χ4v) is 1.32. The van der Waals surface area contributed by atoms with Gasteiger partial charge in [-0.3, -0.25) is 4.99 Å². The van der Waals surface area contributed by atoms with E-state index in [-0.39, 0.29) is 0 Å². The van der Waals surface area contributed by atoms with Gasteiger partial charge in [-0.1, -0.05) is 5.92 Å². The molecule has 0 bridgehead atoms. The molecule has 2 nitrogen and oxygen atoms in total. The van der Waals surface area contributed by atoms with Crippen LogP contribution in [0.2, 0.25) is 0 Å². The second kappa shape index (κ2) is 4.99. The zero-order chi connectivity index (χ0) is 11.2. The van der Waals surface area contributed by atoms with Crippen LogP contribution >= 0.6 is 0 Å². The van der Waals surface area contributed by atoms with Crippen LogP contribution < -0.4 is 4.74 Å². The quantitative estimate of drug-likeness (QED) is 0.686. The van der Waals surface area contributed by atoms with Crippen LogP contribution in [0.5, 0.6) is 5.75 Å². The van der Waals surface area contributed by atoms with Crippen molar-refractivity contribution in [1.82, 2.24) is 0 Å². The third-order valence-corrected chi connectivity index (χ3v) is 2.12. The van der Waals surface area contributed by atoms with Crippen molar-refractivity contribution in [2.75, 3.05) is 0 Å². The van der Waals surface area contributed by atoms with Crippen LogP contribution in [0.25, 0.3) is 0 Å². The standard InChI is InChI=1S/C14H11NO/c1-2-12-5-7-14(8-6-12)16-13-4-3-10-15-11-9-13/h1,3-8,10-11H,9H2. The van der Waals surface area contributed by atoms with Gasteiger partial charge in [0.15, 0.2) is 0 Å². The van der Waals surface area contributed by atoms with Gasteiger partial charge in [0.05, 0.1) is 0 Å². The van der Waals surface area contributed by atoms with E-state index in [1.54, 1.807) is 6.20 Å². The highest BCUT2D eigenvalue weighted by Crippen LogP contribution is 2.16. The van der Waals surface area contributed by atoms with Gasteiger partial charge in [-0.05, 0) is 36.4 Å². The van der Waals surface area contributed by atoms with E-state index >= 15 is 0 Å². The molecule has 1 heterocycles. The second-order valence-electron chi connectivity index (χ2n) is 3.28. The molecule has 2 rings (SSSR count). The molecule has 78 valence electrons. The number of allylic oxidation sites excluding steroid dienone is 3. The molecule has 16 heavy (non-hydrogen) atoms. The highest BCUT2D eigenvalue weighted by Gasteiger charge is 2.00. The van der Waals surface area contributed by atoms with E-state index in [1.807, 2.05) is 42.6 Å². The van der Waals surface area contributed by atoms with Crippen LogP contribution in [0.15, 0.2) is 53.4 Å². The second-order valence-corrected chi connectivity index (χ2v) is 3.28. The summed E-state index contributed by atoms with van der Waals surface area (Å²) >= 11 is 0. The van der Waals surface area contributed by atoms with Crippen molar-refractivity contribution in [2.24, 2.45) is 4.99 Å². The largest absolute Gasteiger partial charge is 0.461 e. The maximum Gasteiger partial charge on any atom is 0.127 e. The Bertz CT molecular complexity index is 486. The summed E-state index contributed by atoms with van der Waals surface area (Å²) in [4.78, 5) is 4.03. The summed E-state index contributed by atoms with van der Waals surface area (Å²) in [6, 6.07) is 7.44. The molecule has 1 aliphatic heterocycles. The molecular formula is C14H11NO. The fourth-order valence-electron chi connectivity index (χ4n) is 1.32. The number of benzene rings is 1. The number of terminal acetylenes is 1. The smallest absolute Gasteiger partial charge is 0.127 e. The molecule has 0 aromatic heterocycles. The van der Waals surface area contributed by atoms with E-state index in [0.29, 0.717) is 6.42 Å². The average Bonchev–Trinajstić information content (AvgIpc) is 2.59. The fraction of sp³-hybridized carbons (Fsp3) is 0.0714. The van der Waals surface area contributed by atoms with Gasteiger partial charge in [0, 0.05) is 24.4 Å². The molecule has 1 aromatic carbocycles. The lowest BCUT2D eigenvalue weighted by molar-refractivity contribution is 0.420. The minimum Gasteiger partial charge on any atom is -0.461 e. The summed E-state index contributed by atoms with van der Waals surface area (Å²) in [6.07, 6.45) is 13.3. The van der Waals surface area contributed by atoms with Crippen molar-refractivity contribution in [3.8, 4) is 18.1 Å². The number of hydrogen-bond donors (Lipinski definition) is 0. The van der Waals surface area contributed by atoms with E-state index < -0.39 is 0 Å². The number of ether oxygens (including phenoxy) is 1. The molecule has 0 atom stereocenters. The maximum atomic E-state index is 5.68. The van der Waals surface area contributed by atoms with Gasteiger partial charge in [-0.25, -0.2) is 0 Å². The van der Waals surface area contributed by atoms with Crippen molar-refractivity contribution in [1.29, 1.82) is 0 Å². The Kier molecular flexibility index (Phi) is 3.20. The molecule has 0 unspecified atom stereocenters. The molecule has 0 saturated heterocycles. The number of rotatable bonds is 2. The third kappa shape index (κ3) is 2.61. The lowest BCUT2D eigenvalue weighted by atomic mass is 10.2. The topological polar surface area (TPSA) is 21.6 Å². The SMILES string of the molecule is C#Cc1ccc(OC2=CC=CN=CC2)cc1. The van der Waals surface area contributed by atoms with Crippen molar-refractivity contribution < 1.29 is 4.74 Å². The molecule has 0 fully saturated rings. The van der Waals surface area contributed by atoms with Crippen molar-refractivity contribution in [3.63, 3.8) is 0 Å². The van der Waals surface area contributed by atoms with Crippen LogP contribution in [0.1, 0.15) is 12.0 Å². The van der Waals surface area contributed by atoms with Gasteiger partial charge < -0.3 is 4.74 Å². The first-order valence-electron chi connectivity index (χ1n) is 5.00. The zero-order valence-corrected chi connectivity index (χ0v) is 8.76. The Hall–Kier alpha value is -2.27. The Morgan fingerprint density at radius 3 is 2.81 bits per heavy atom. The van der Waals surface area contributed by atoms with Crippen molar-refractivity contribution in [3.05, 3.63) is 53.9 Å². The predicted molar refractivity (Wildman–Crippen MR) is 65.3 cm³/mol. The van der Waals surface area contributed by atoms with Crippen LogP contribution in [-0.2, 0) is 0 Å². The Balaban J connectivity index is 2.09. The molecule has 0 N–H and O–H groups in total. The van der Waals surface area contributed by atoms with E-state index in [9.17, 15) is 0 Å². The summed E-state index contributed by atoms with van der Waals surface area (Å²) < 4.78 is 5.68. The highest BCUT2D eigenvalue weighted by atomic mass is 16.5. The molecule has 1 aromatic rings. The third-order valence-electron chi connectivity index (χ3n) is 2.12. The summed E-state index contributed by atoms with van der Waals surface area (Å²) in [5, 5.41) is 0. The van der Waals surface area contributed by atoms with Gasteiger partial charge in [0.2, 0.25) is 0 Å². The first-order valence-corrected chi connectivity index (χ1v) is 5.00. The van der Waals surface area contributed by atoms with E-state index in [4.69, 9.17) is 11.2 Å². The van der Waals surface area contributed by atoms with Gasteiger partial charge in [-0.2, -0.15) is 0 Å². The van der Waals surface area contributed by atoms with Gasteiger partial charge in [0.1, 0.15) is 11.5 Å².